The van der Waals surface area contributed by atoms with Gasteiger partial charge in [-0.15, -0.1) is 0 Å². The number of nitrogens with one attached hydrogen (secondary N) is 1. The highest BCUT2D eigenvalue weighted by atomic mass is 16.2. The monoisotopic (exact) mass is 437 g/mol. The molecule has 4 rings (SSSR count). The molecule has 1 fully saturated rings. The van der Waals surface area contributed by atoms with E-state index in [1.807, 2.05) is 103 Å². The van der Waals surface area contributed by atoms with Gasteiger partial charge in [0.1, 0.15) is 0 Å². The van der Waals surface area contributed by atoms with Crippen LogP contribution < -0.4 is 5.32 Å². The minimum atomic E-state index is -0.140. The molecule has 1 N–H and O–H groups in total. The van der Waals surface area contributed by atoms with Gasteiger partial charge in [-0.2, -0.15) is 5.26 Å². The summed E-state index contributed by atoms with van der Waals surface area (Å²) >= 11 is 0. The zero-order valence-electron chi connectivity index (χ0n) is 18.7. The van der Waals surface area contributed by atoms with Crippen molar-refractivity contribution in [1.29, 1.82) is 5.26 Å². The number of nitriles is 1. The number of hydrogen-bond donors (Lipinski definition) is 1. The maximum atomic E-state index is 13.3. The highest BCUT2D eigenvalue weighted by molar-refractivity contribution is 5.85. The van der Waals surface area contributed by atoms with Gasteiger partial charge in [0, 0.05) is 19.6 Å². The molecule has 0 aromatic heterocycles. The van der Waals surface area contributed by atoms with Gasteiger partial charge in [-0.1, -0.05) is 78.9 Å². The molecule has 1 atom stereocenters. The maximum Gasteiger partial charge on any atom is 0.227 e. The number of hydrogen-bond acceptors (Lipinski definition) is 3. The molecule has 1 amide bonds. The summed E-state index contributed by atoms with van der Waals surface area (Å²) in [5, 5.41) is 12.1. The van der Waals surface area contributed by atoms with Crippen LogP contribution in [-0.4, -0.2) is 41.3 Å². The number of amides is 1. The summed E-state index contributed by atoms with van der Waals surface area (Å²) in [4.78, 5) is 22.1. The fraction of sp³-hybridized carbons (Fsp3) is 0.222. The molecule has 0 spiro atoms. The van der Waals surface area contributed by atoms with Gasteiger partial charge in [-0.25, -0.2) is 4.99 Å². The second-order valence-corrected chi connectivity index (χ2v) is 8.08. The number of benzene rings is 3. The lowest BCUT2D eigenvalue weighted by atomic mass is 10.0. The second-order valence-electron chi connectivity index (χ2n) is 8.08. The molecule has 0 radical (unpaired) electrons. The summed E-state index contributed by atoms with van der Waals surface area (Å²) in [7, 11) is 0. The van der Waals surface area contributed by atoms with Gasteiger partial charge in [0.25, 0.3) is 0 Å². The number of rotatable bonds is 4. The maximum absolute atomic E-state index is 13.3. The second kappa shape index (κ2) is 10.5. The molecule has 0 aliphatic carbocycles. The topological polar surface area (TPSA) is 71.7 Å². The predicted octanol–water partition coefficient (Wildman–Crippen LogP) is 4.18. The van der Waals surface area contributed by atoms with Crippen molar-refractivity contribution in [3.8, 4) is 6.19 Å². The van der Waals surface area contributed by atoms with Crippen LogP contribution in [0, 0.1) is 18.4 Å². The third kappa shape index (κ3) is 5.39. The van der Waals surface area contributed by atoms with Gasteiger partial charge < -0.3 is 9.80 Å². The molecular weight excluding hydrogens is 410 g/mol. The van der Waals surface area contributed by atoms with Crippen molar-refractivity contribution in [1.82, 2.24) is 15.1 Å². The van der Waals surface area contributed by atoms with Crippen molar-refractivity contribution in [2.45, 2.75) is 19.4 Å². The van der Waals surface area contributed by atoms with Gasteiger partial charge in [0.05, 0.1) is 18.2 Å². The fourth-order valence-corrected chi connectivity index (χ4v) is 4.14. The van der Waals surface area contributed by atoms with Gasteiger partial charge >= 0.3 is 0 Å². The van der Waals surface area contributed by atoms with Gasteiger partial charge in [-0.3, -0.25) is 10.1 Å². The molecule has 0 bridgehead atoms. The van der Waals surface area contributed by atoms with Crippen LogP contribution in [0.2, 0.25) is 0 Å². The first-order valence-corrected chi connectivity index (χ1v) is 11.1. The van der Waals surface area contributed by atoms with Crippen molar-refractivity contribution in [2.75, 3.05) is 19.6 Å². The van der Waals surface area contributed by atoms with Crippen molar-refractivity contribution in [3.63, 3.8) is 0 Å². The normalized spacial score (nSPS) is 16.2. The summed E-state index contributed by atoms with van der Waals surface area (Å²) < 4.78 is 0. The minimum absolute atomic E-state index is 0.0975. The third-order valence-electron chi connectivity index (χ3n) is 5.89. The van der Waals surface area contributed by atoms with E-state index in [9.17, 15) is 10.1 Å². The standard InChI is InChI=1S/C27H27N5O/c1-21-10-8-9-15-24(21)30-27(29-20-28)31-16-17-32(25(19-31)23-13-6-3-7-14-23)26(33)18-22-11-4-2-5-12-22/h2-15,25H,16-19H2,1H3,(H,29,30). The van der Waals surface area contributed by atoms with E-state index in [2.05, 4.69) is 10.2 Å². The molecule has 3 aromatic carbocycles. The number of nitrogens with zero attached hydrogens (tertiary/aromatic N) is 4. The highest BCUT2D eigenvalue weighted by Gasteiger charge is 2.33. The number of aryl methyl sites for hydroxylation is 1. The molecule has 1 aliphatic heterocycles. The van der Waals surface area contributed by atoms with Crippen LogP contribution >= 0.6 is 0 Å². The summed E-state index contributed by atoms with van der Waals surface area (Å²) in [6, 6.07) is 27.6. The van der Waals surface area contributed by atoms with Crippen molar-refractivity contribution >= 4 is 17.6 Å². The quantitative estimate of drug-likeness (QED) is 0.288. The zero-order valence-corrected chi connectivity index (χ0v) is 18.7. The zero-order chi connectivity index (χ0) is 23.0. The number of carbonyl (C=O) groups excluding carboxylic acids is 1. The van der Waals surface area contributed by atoms with Crippen LogP contribution in [0.5, 0.6) is 0 Å². The van der Waals surface area contributed by atoms with Crippen molar-refractivity contribution in [3.05, 3.63) is 102 Å². The lowest BCUT2D eigenvalue weighted by molar-refractivity contribution is -0.135. The Kier molecular flexibility index (Phi) is 7.01. The molecule has 1 saturated heterocycles. The first-order valence-electron chi connectivity index (χ1n) is 11.1. The Morgan fingerprint density at radius 3 is 2.36 bits per heavy atom. The largest absolute Gasteiger partial charge is 0.338 e. The van der Waals surface area contributed by atoms with Crippen LogP contribution in [0.25, 0.3) is 0 Å². The summed E-state index contributed by atoms with van der Waals surface area (Å²) in [6.07, 6.45) is 2.39. The highest BCUT2D eigenvalue weighted by Crippen LogP contribution is 2.27. The van der Waals surface area contributed by atoms with E-state index in [1.54, 1.807) is 0 Å². The molecule has 0 saturated carbocycles. The Bertz CT molecular complexity index is 1150. The molecule has 1 heterocycles. The number of carbonyl (C=O) groups is 1. The third-order valence-corrected chi connectivity index (χ3v) is 5.89. The average molecular weight is 438 g/mol. The molecule has 1 aliphatic rings. The minimum Gasteiger partial charge on any atom is -0.338 e. The Labute approximate surface area is 194 Å². The summed E-state index contributed by atoms with van der Waals surface area (Å²) in [5.41, 5.74) is 3.92. The molecule has 6 nitrogen and oxygen atoms in total. The van der Waals surface area contributed by atoms with Gasteiger partial charge in [-0.05, 0) is 29.7 Å². The Morgan fingerprint density at radius 2 is 1.67 bits per heavy atom. The molecule has 33 heavy (non-hydrogen) atoms. The molecular formula is C27H27N5O. The lowest BCUT2D eigenvalue weighted by Gasteiger charge is -2.42. The molecule has 166 valence electrons. The first kappa shape index (κ1) is 22.1. The van der Waals surface area contributed by atoms with E-state index in [-0.39, 0.29) is 11.9 Å². The van der Waals surface area contributed by atoms with Gasteiger partial charge in [0.15, 0.2) is 6.19 Å². The lowest BCUT2D eigenvalue weighted by Crippen LogP contribution is -2.54. The SMILES string of the molecule is Cc1ccccc1N=C(NC#N)N1CCN(C(=O)Cc2ccccc2)C(c2ccccc2)C1. The van der Waals surface area contributed by atoms with E-state index in [0.717, 1.165) is 22.4 Å². The average Bonchev–Trinajstić information content (AvgIpc) is 2.86. The Balaban J connectivity index is 1.61. The van der Waals surface area contributed by atoms with Crippen LogP contribution in [0.4, 0.5) is 5.69 Å². The number of para-hydroxylation sites is 1. The van der Waals surface area contributed by atoms with Crippen LogP contribution in [0.3, 0.4) is 0 Å². The van der Waals surface area contributed by atoms with E-state index < -0.39 is 0 Å². The number of guanidine groups is 1. The Morgan fingerprint density at radius 1 is 1.00 bits per heavy atom. The molecule has 3 aromatic rings. The molecule has 6 heteroatoms. The number of piperazine rings is 1. The Hall–Kier alpha value is -4.11. The van der Waals surface area contributed by atoms with E-state index in [0.29, 0.717) is 32.0 Å². The van der Waals surface area contributed by atoms with E-state index >= 15 is 0 Å². The van der Waals surface area contributed by atoms with Crippen molar-refractivity contribution < 1.29 is 4.79 Å². The predicted molar refractivity (Wildman–Crippen MR) is 130 cm³/mol. The first-order chi connectivity index (χ1) is 16.2. The van der Waals surface area contributed by atoms with Crippen LogP contribution in [0.1, 0.15) is 22.7 Å². The van der Waals surface area contributed by atoms with Crippen molar-refractivity contribution in [2.24, 2.45) is 4.99 Å². The molecule has 1 unspecified atom stereocenters. The smallest absolute Gasteiger partial charge is 0.227 e. The van der Waals surface area contributed by atoms with E-state index in [1.165, 1.54) is 0 Å². The summed E-state index contributed by atoms with van der Waals surface area (Å²) in [6.45, 7) is 3.67. The van der Waals surface area contributed by atoms with Gasteiger partial charge in [0.2, 0.25) is 11.9 Å². The van der Waals surface area contributed by atoms with Crippen LogP contribution in [-0.2, 0) is 11.2 Å². The van der Waals surface area contributed by atoms with Crippen LogP contribution in [0.15, 0.2) is 89.9 Å². The summed E-state index contributed by atoms with van der Waals surface area (Å²) in [5.74, 6) is 0.600. The fourth-order valence-electron chi connectivity index (χ4n) is 4.14. The number of aliphatic imine (C=N–C) groups is 1. The van der Waals surface area contributed by atoms with E-state index in [4.69, 9.17) is 4.99 Å².